The van der Waals surface area contributed by atoms with Crippen LogP contribution in [0.25, 0.3) is 11.0 Å². The van der Waals surface area contributed by atoms with Crippen LogP contribution >= 0.6 is 38.9 Å². The lowest BCUT2D eigenvalue weighted by Gasteiger charge is -2.07. The molecule has 0 N–H and O–H groups in total. The maximum atomic E-state index is 13.9. The second kappa shape index (κ2) is 6.02. The van der Waals surface area contributed by atoms with Crippen LogP contribution in [0.5, 0.6) is 0 Å². The number of thiophene rings is 1. The highest BCUT2D eigenvalue weighted by Gasteiger charge is 2.16. The van der Waals surface area contributed by atoms with Gasteiger partial charge in [0.2, 0.25) is 0 Å². The highest BCUT2D eigenvalue weighted by Crippen LogP contribution is 2.27. The molecular weight excluding hydrogens is 382 g/mol. The number of aryl methyl sites for hydroxylation is 1. The summed E-state index contributed by atoms with van der Waals surface area (Å²) in [6, 6.07) is 6.08. The van der Waals surface area contributed by atoms with Crippen LogP contribution in [0.1, 0.15) is 10.7 Å². The molecule has 3 aromatic rings. The molecule has 3 rings (SSSR count). The van der Waals surface area contributed by atoms with Crippen LogP contribution in [0, 0.1) is 11.6 Å². The minimum absolute atomic E-state index is 0.187. The number of alkyl halides is 1. The lowest BCUT2D eigenvalue weighted by molar-refractivity contribution is 0.590. The van der Waals surface area contributed by atoms with Gasteiger partial charge in [0.15, 0.2) is 5.82 Å². The molecule has 2 heterocycles. The molecule has 0 fully saturated rings. The van der Waals surface area contributed by atoms with Crippen LogP contribution in [0.3, 0.4) is 0 Å². The predicted molar refractivity (Wildman–Crippen MR) is 85.2 cm³/mol. The highest BCUT2D eigenvalue weighted by molar-refractivity contribution is 9.11. The first-order valence-corrected chi connectivity index (χ1v) is 8.37. The first-order chi connectivity index (χ1) is 10.1. The fourth-order valence-electron chi connectivity index (χ4n) is 2.24. The average Bonchev–Trinajstić information content (AvgIpc) is 2.97. The molecule has 110 valence electrons. The van der Waals surface area contributed by atoms with Crippen molar-refractivity contribution in [1.82, 2.24) is 9.55 Å². The van der Waals surface area contributed by atoms with Crippen molar-refractivity contribution in [2.75, 3.05) is 5.88 Å². The van der Waals surface area contributed by atoms with Crippen molar-refractivity contribution in [2.45, 2.75) is 13.0 Å². The number of imidazole rings is 1. The second-order valence-corrected chi connectivity index (χ2v) is 7.44. The summed E-state index contributed by atoms with van der Waals surface area (Å²) in [5.41, 5.74) is 0.643. The van der Waals surface area contributed by atoms with Gasteiger partial charge >= 0.3 is 0 Å². The van der Waals surface area contributed by atoms with Gasteiger partial charge in [0.1, 0.15) is 17.2 Å². The molecule has 0 spiro atoms. The van der Waals surface area contributed by atoms with Crippen molar-refractivity contribution in [3.05, 3.63) is 50.4 Å². The van der Waals surface area contributed by atoms with Crippen molar-refractivity contribution in [3.63, 3.8) is 0 Å². The molecular formula is C14H10BrClF2N2S. The number of fused-ring (bicyclic) bond motifs is 1. The summed E-state index contributed by atoms with van der Waals surface area (Å²) < 4.78 is 30.2. The number of benzene rings is 1. The lowest BCUT2D eigenvalue weighted by Crippen LogP contribution is -2.05. The van der Waals surface area contributed by atoms with E-state index in [1.54, 1.807) is 11.3 Å². The smallest absolute Gasteiger partial charge is 0.153 e. The number of hydrogen-bond donors (Lipinski definition) is 0. The van der Waals surface area contributed by atoms with Gasteiger partial charge in [0.05, 0.1) is 15.8 Å². The quantitative estimate of drug-likeness (QED) is 0.574. The van der Waals surface area contributed by atoms with Crippen LogP contribution in [0.4, 0.5) is 8.78 Å². The molecule has 0 amide bonds. The van der Waals surface area contributed by atoms with Crippen molar-refractivity contribution in [2.24, 2.45) is 0 Å². The van der Waals surface area contributed by atoms with Crippen LogP contribution in [-0.4, -0.2) is 15.4 Å². The topological polar surface area (TPSA) is 17.8 Å². The zero-order valence-corrected chi connectivity index (χ0v) is 13.9. The van der Waals surface area contributed by atoms with E-state index in [9.17, 15) is 8.78 Å². The van der Waals surface area contributed by atoms with E-state index >= 15 is 0 Å². The number of nitrogens with zero attached hydrogens (tertiary/aromatic N) is 2. The number of halogens is 4. The predicted octanol–water partition coefficient (Wildman–Crippen LogP) is 4.97. The largest absolute Gasteiger partial charge is 0.322 e. The Morgan fingerprint density at radius 2 is 2.10 bits per heavy atom. The maximum absolute atomic E-state index is 13.9. The Morgan fingerprint density at radius 3 is 2.76 bits per heavy atom. The van der Waals surface area contributed by atoms with Crippen molar-refractivity contribution in [3.8, 4) is 0 Å². The molecule has 0 aliphatic rings. The highest BCUT2D eigenvalue weighted by atomic mass is 79.9. The Labute approximate surface area is 137 Å². The summed E-state index contributed by atoms with van der Waals surface area (Å²) in [5.74, 6) is -0.214. The molecule has 0 atom stereocenters. The Bertz CT molecular complexity index is 800. The van der Waals surface area contributed by atoms with Crippen LogP contribution in [0.2, 0.25) is 0 Å². The third kappa shape index (κ3) is 2.98. The van der Waals surface area contributed by atoms with E-state index in [0.29, 0.717) is 30.2 Å². The van der Waals surface area contributed by atoms with Crippen molar-refractivity contribution in [1.29, 1.82) is 0 Å². The molecule has 21 heavy (non-hydrogen) atoms. The third-order valence-corrected chi connectivity index (χ3v) is 4.91. The maximum Gasteiger partial charge on any atom is 0.153 e. The van der Waals surface area contributed by atoms with Gasteiger partial charge in [-0.25, -0.2) is 13.8 Å². The molecule has 0 radical (unpaired) electrons. The molecule has 7 heteroatoms. The molecule has 2 aromatic heterocycles. The van der Waals surface area contributed by atoms with Crippen LogP contribution in [0.15, 0.2) is 28.1 Å². The summed E-state index contributed by atoms with van der Waals surface area (Å²) >= 11 is 10.8. The fraction of sp³-hybridized carbons (Fsp3) is 0.214. The standard InChI is InChI=1S/C14H10BrClF2N2S/c15-12-2-1-9(21-12)7-20-11-6-8(17)5-10(18)14(11)19-13(20)3-4-16/h1-2,5-6H,3-4,7H2. The van der Waals surface area contributed by atoms with Gasteiger partial charge in [0, 0.05) is 23.2 Å². The lowest BCUT2D eigenvalue weighted by atomic mass is 10.3. The van der Waals surface area contributed by atoms with Gasteiger partial charge in [-0.05, 0) is 34.1 Å². The zero-order chi connectivity index (χ0) is 15.0. The van der Waals surface area contributed by atoms with Gasteiger partial charge in [-0.15, -0.1) is 22.9 Å². The summed E-state index contributed by atoms with van der Waals surface area (Å²) in [5, 5.41) is 0. The van der Waals surface area contributed by atoms with E-state index in [2.05, 4.69) is 20.9 Å². The first-order valence-electron chi connectivity index (χ1n) is 6.23. The summed E-state index contributed by atoms with van der Waals surface area (Å²) in [7, 11) is 0. The molecule has 0 saturated carbocycles. The van der Waals surface area contributed by atoms with E-state index in [0.717, 1.165) is 14.7 Å². The zero-order valence-electron chi connectivity index (χ0n) is 10.7. The molecule has 2 nitrogen and oxygen atoms in total. The molecule has 0 unspecified atom stereocenters. The van der Waals surface area contributed by atoms with E-state index in [-0.39, 0.29) is 5.52 Å². The Morgan fingerprint density at radius 1 is 1.29 bits per heavy atom. The molecule has 1 aromatic carbocycles. The SMILES string of the molecule is Fc1cc(F)c2nc(CCCl)n(Cc3ccc(Br)s3)c2c1. The third-order valence-electron chi connectivity index (χ3n) is 3.11. The van der Waals surface area contributed by atoms with Crippen LogP contribution < -0.4 is 0 Å². The molecule has 0 aliphatic carbocycles. The Balaban J connectivity index is 2.15. The normalized spacial score (nSPS) is 11.4. The summed E-state index contributed by atoms with van der Waals surface area (Å²) in [6.45, 7) is 0.516. The number of hydrogen-bond acceptors (Lipinski definition) is 2. The van der Waals surface area contributed by atoms with E-state index in [1.807, 2.05) is 16.7 Å². The monoisotopic (exact) mass is 390 g/mol. The molecule has 0 aliphatic heterocycles. The fourth-order valence-corrected chi connectivity index (χ4v) is 3.88. The summed E-state index contributed by atoms with van der Waals surface area (Å²) in [4.78, 5) is 5.35. The molecule has 0 bridgehead atoms. The van der Waals surface area contributed by atoms with E-state index in [4.69, 9.17) is 11.6 Å². The minimum atomic E-state index is -0.646. The van der Waals surface area contributed by atoms with Gasteiger partial charge in [-0.3, -0.25) is 0 Å². The van der Waals surface area contributed by atoms with Gasteiger partial charge in [-0.1, -0.05) is 0 Å². The van der Waals surface area contributed by atoms with Crippen molar-refractivity contribution < 1.29 is 8.78 Å². The Hall–Kier alpha value is -0.980. The van der Waals surface area contributed by atoms with E-state index < -0.39 is 11.6 Å². The first kappa shape index (κ1) is 14.9. The second-order valence-electron chi connectivity index (χ2n) is 4.51. The summed E-state index contributed by atoms with van der Waals surface area (Å²) in [6.07, 6.45) is 0.504. The van der Waals surface area contributed by atoms with Crippen LogP contribution in [-0.2, 0) is 13.0 Å². The Kier molecular flexibility index (Phi) is 4.28. The van der Waals surface area contributed by atoms with Gasteiger partial charge in [-0.2, -0.15) is 0 Å². The van der Waals surface area contributed by atoms with E-state index in [1.165, 1.54) is 6.07 Å². The van der Waals surface area contributed by atoms with Gasteiger partial charge in [0.25, 0.3) is 0 Å². The average molecular weight is 392 g/mol. The minimum Gasteiger partial charge on any atom is -0.322 e. The number of aromatic nitrogens is 2. The van der Waals surface area contributed by atoms with Gasteiger partial charge < -0.3 is 4.57 Å². The number of rotatable bonds is 4. The molecule has 0 saturated heterocycles. The van der Waals surface area contributed by atoms with Crippen molar-refractivity contribution >= 4 is 49.9 Å².